The molecule has 0 bridgehead atoms. The van der Waals surface area contributed by atoms with E-state index in [2.05, 4.69) is 20.8 Å². The first kappa shape index (κ1) is 26.0. The van der Waals surface area contributed by atoms with Gasteiger partial charge >= 0.3 is 0 Å². The van der Waals surface area contributed by atoms with Crippen molar-refractivity contribution in [1.82, 2.24) is 4.57 Å². The molecule has 1 aliphatic heterocycles. The van der Waals surface area contributed by atoms with Gasteiger partial charge in [-0.25, -0.2) is 0 Å². The molecule has 1 aromatic heterocycles. The summed E-state index contributed by atoms with van der Waals surface area (Å²) in [5, 5.41) is 11.9. The van der Waals surface area contributed by atoms with Crippen LogP contribution in [-0.4, -0.2) is 33.9 Å². The third-order valence-corrected chi connectivity index (χ3v) is 11.1. The zero-order valence-corrected chi connectivity index (χ0v) is 22.2. The molecule has 0 spiro atoms. The van der Waals surface area contributed by atoms with Crippen molar-refractivity contribution in [2.45, 2.75) is 59.3 Å². The molecule has 0 N–H and O–H groups in total. The van der Waals surface area contributed by atoms with E-state index in [1.54, 1.807) is 34.9 Å². The standard InChI is InChI=1S/C28H34N3O4P/c1-4-7-16-36(17-8-5-2,18-9-6-3)29-25-26-21-15-14-20(31(34)35)19-23(21)28(33)30(26)24-13-11-10-12-22(24)27(25)32/h10-15,19H,4-9,16-18H2,1-3H3. The van der Waals surface area contributed by atoms with Crippen molar-refractivity contribution < 1.29 is 9.72 Å². The van der Waals surface area contributed by atoms with Crippen molar-refractivity contribution in [3.05, 3.63) is 68.4 Å². The quantitative estimate of drug-likeness (QED) is 0.117. The Labute approximate surface area is 211 Å². The van der Waals surface area contributed by atoms with Crippen LogP contribution in [0, 0.1) is 10.1 Å². The highest BCUT2D eigenvalue weighted by atomic mass is 31.2. The summed E-state index contributed by atoms with van der Waals surface area (Å²) in [7, 11) is -1.87. The summed E-state index contributed by atoms with van der Waals surface area (Å²) in [5.41, 5.74) is 1.84. The van der Waals surface area contributed by atoms with Crippen molar-refractivity contribution in [2.24, 2.45) is 4.74 Å². The maximum atomic E-state index is 14.0. The van der Waals surface area contributed by atoms with E-state index in [9.17, 15) is 19.7 Å². The highest BCUT2D eigenvalue weighted by molar-refractivity contribution is 7.66. The molecule has 8 heteroatoms. The second-order valence-corrected chi connectivity index (χ2v) is 13.3. The van der Waals surface area contributed by atoms with Crippen molar-refractivity contribution in [3.63, 3.8) is 0 Å². The normalized spacial score (nSPS) is 12.6. The van der Waals surface area contributed by atoms with Crippen LogP contribution in [0.3, 0.4) is 0 Å². The molecular weight excluding hydrogens is 473 g/mol. The van der Waals surface area contributed by atoms with Crippen molar-refractivity contribution in [3.8, 4) is 11.3 Å². The minimum atomic E-state index is -1.87. The number of carbonyl (C=O) groups excluding carboxylic acids is 1. The summed E-state index contributed by atoms with van der Waals surface area (Å²) in [6.07, 6.45) is 9.36. The zero-order chi connectivity index (χ0) is 25.9. The van der Waals surface area contributed by atoms with E-state index in [1.165, 1.54) is 12.1 Å². The van der Waals surface area contributed by atoms with Crippen LogP contribution in [0.2, 0.25) is 0 Å². The fraction of sp³-hybridized carbons (Fsp3) is 0.429. The van der Waals surface area contributed by atoms with E-state index < -0.39 is 12.0 Å². The second kappa shape index (κ2) is 10.9. The van der Waals surface area contributed by atoms with Crippen molar-refractivity contribution >= 4 is 35.2 Å². The minimum absolute atomic E-state index is 0.142. The van der Waals surface area contributed by atoms with Crippen molar-refractivity contribution in [2.75, 3.05) is 18.5 Å². The fourth-order valence-corrected chi connectivity index (χ4v) is 9.37. The molecule has 0 saturated heterocycles. The average Bonchev–Trinajstić information content (AvgIpc) is 3.19. The van der Waals surface area contributed by atoms with E-state index in [0.29, 0.717) is 27.8 Å². The molecule has 2 heterocycles. The molecule has 0 saturated carbocycles. The first-order chi connectivity index (χ1) is 17.4. The third kappa shape index (κ3) is 4.69. The van der Waals surface area contributed by atoms with Gasteiger partial charge in [0.2, 0.25) is 5.43 Å². The predicted octanol–water partition coefficient (Wildman–Crippen LogP) is 7.81. The molecule has 0 radical (unpaired) electrons. The van der Waals surface area contributed by atoms with Gasteiger partial charge in [-0.3, -0.25) is 29.0 Å². The van der Waals surface area contributed by atoms with Gasteiger partial charge in [0.05, 0.1) is 21.7 Å². The summed E-state index contributed by atoms with van der Waals surface area (Å²) in [6, 6.07) is 11.4. The first-order valence-electron chi connectivity index (χ1n) is 13.0. The lowest BCUT2D eigenvalue weighted by molar-refractivity contribution is -0.384. The molecular formula is C28H34N3O4P. The van der Waals surface area contributed by atoms with E-state index in [-0.39, 0.29) is 22.6 Å². The number of unbranched alkanes of at least 4 members (excludes halogenated alkanes) is 3. The topological polar surface area (TPSA) is 94.6 Å². The minimum Gasteiger partial charge on any atom is -0.287 e. The molecule has 0 fully saturated rings. The molecule has 0 aliphatic carbocycles. The summed E-state index contributed by atoms with van der Waals surface area (Å²) in [5.74, 6) is -0.351. The number of rotatable bonds is 11. The van der Waals surface area contributed by atoms with E-state index >= 15 is 0 Å². The van der Waals surface area contributed by atoms with Crippen LogP contribution in [-0.2, 0) is 0 Å². The van der Waals surface area contributed by atoms with E-state index in [4.69, 9.17) is 4.74 Å². The summed E-state index contributed by atoms with van der Waals surface area (Å²) in [6.45, 7) is 6.54. The molecule has 0 atom stereocenters. The lowest BCUT2D eigenvalue weighted by Crippen LogP contribution is -2.14. The van der Waals surface area contributed by atoms with Crippen LogP contribution in [0.15, 0.2) is 52.0 Å². The molecule has 2 aromatic carbocycles. The van der Waals surface area contributed by atoms with Gasteiger partial charge in [-0.2, -0.15) is 0 Å². The summed E-state index contributed by atoms with van der Waals surface area (Å²) >= 11 is 0. The fourth-order valence-electron chi connectivity index (χ4n) is 5.08. The number of pyridine rings is 1. The predicted molar refractivity (Wildman–Crippen MR) is 148 cm³/mol. The Morgan fingerprint density at radius 3 is 2.08 bits per heavy atom. The Morgan fingerprint density at radius 1 is 0.889 bits per heavy atom. The molecule has 1 aliphatic rings. The first-order valence-corrected chi connectivity index (χ1v) is 15.3. The number of aromatic nitrogens is 1. The van der Waals surface area contributed by atoms with E-state index in [0.717, 1.165) is 57.0 Å². The number of carbonyl (C=O) groups is 1. The van der Waals surface area contributed by atoms with Crippen LogP contribution < -0.4 is 5.43 Å². The Bertz CT molecular complexity index is 1410. The van der Waals surface area contributed by atoms with Gasteiger partial charge in [-0.1, -0.05) is 52.2 Å². The van der Waals surface area contributed by atoms with Crippen LogP contribution in [0.4, 0.5) is 11.4 Å². The smallest absolute Gasteiger partial charge is 0.270 e. The second-order valence-electron chi connectivity index (χ2n) is 9.60. The van der Waals surface area contributed by atoms with Gasteiger partial charge in [0, 0.05) is 23.1 Å². The molecule has 0 amide bonds. The number of para-hydroxylation sites is 1. The van der Waals surface area contributed by atoms with Gasteiger partial charge in [-0.05, 0) is 63.0 Å². The molecule has 0 unspecified atom stereocenters. The molecule has 7 nitrogen and oxygen atoms in total. The lowest BCUT2D eigenvalue weighted by Gasteiger charge is -2.26. The van der Waals surface area contributed by atoms with Gasteiger partial charge < -0.3 is 0 Å². The third-order valence-electron chi connectivity index (χ3n) is 7.05. The van der Waals surface area contributed by atoms with Gasteiger partial charge in [0.1, 0.15) is 5.69 Å². The zero-order valence-electron chi connectivity index (χ0n) is 21.3. The summed E-state index contributed by atoms with van der Waals surface area (Å²) in [4.78, 5) is 38.5. The number of nitrogens with zero attached hydrogens (tertiary/aromatic N) is 3. The monoisotopic (exact) mass is 507 g/mol. The highest BCUT2D eigenvalue weighted by Crippen LogP contribution is 2.55. The average molecular weight is 508 g/mol. The molecule has 36 heavy (non-hydrogen) atoms. The number of non-ortho nitro benzene ring substituents is 1. The number of hydrogen-bond acceptors (Lipinski definition) is 5. The number of benzene rings is 2. The Kier molecular flexibility index (Phi) is 7.89. The Morgan fingerprint density at radius 2 is 1.50 bits per heavy atom. The lowest BCUT2D eigenvalue weighted by atomic mass is 10.0. The van der Waals surface area contributed by atoms with Crippen LogP contribution in [0.5, 0.6) is 0 Å². The number of nitro benzene ring substituents is 1. The Balaban J connectivity index is 2.09. The molecule has 4 rings (SSSR count). The largest absolute Gasteiger partial charge is 0.287 e. The van der Waals surface area contributed by atoms with E-state index in [1.807, 2.05) is 0 Å². The Hall–Kier alpha value is -3.05. The van der Waals surface area contributed by atoms with Gasteiger partial charge in [0.25, 0.3) is 11.6 Å². The number of hydrogen-bond donors (Lipinski definition) is 0. The highest BCUT2D eigenvalue weighted by Gasteiger charge is 2.34. The van der Waals surface area contributed by atoms with Gasteiger partial charge in [0.15, 0.2) is 0 Å². The van der Waals surface area contributed by atoms with Crippen LogP contribution in [0.25, 0.3) is 22.2 Å². The van der Waals surface area contributed by atoms with Crippen LogP contribution >= 0.6 is 7.05 Å². The molecule has 190 valence electrons. The van der Waals surface area contributed by atoms with Gasteiger partial charge in [-0.15, -0.1) is 0 Å². The van der Waals surface area contributed by atoms with Crippen LogP contribution in [0.1, 0.15) is 69.7 Å². The number of nitro groups is 1. The molecule has 3 aromatic rings. The maximum Gasteiger partial charge on any atom is 0.270 e. The summed E-state index contributed by atoms with van der Waals surface area (Å²) < 4.78 is 6.96. The maximum absolute atomic E-state index is 14.0. The number of fused-ring (bicyclic) bond motifs is 5. The SMILES string of the molecule is CCCCP(CCCC)(CCCC)=Nc1c2n(c3ccccc3c1=O)C(=O)c1cc([N+](=O)[O-])ccc1-2. The van der Waals surface area contributed by atoms with Crippen molar-refractivity contribution in [1.29, 1.82) is 0 Å².